The lowest BCUT2D eigenvalue weighted by atomic mass is 9.96. The molecule has 3 heteroatoms. The molecule has 172 valence electrons. The number of alkyl halides is 3. The molecule has 0 saturated heterocycles. The van der Waals surface area contributed by atoms with Gasteiger partial charge in [-0.25, -0.2) is 0 Å². The number of halogens is 3. The number of benzene rings is 4. The Bertz CT molecular complexity index is 1350. The van der Waals surface area contributed by atoms with Crippen LogP contribution in [0.5, 0.6) is 0 Å². The van der Waals surface area contributed by atoms with Crippen molar-refractivity contribution in [1.29, 1.82) is 0 Å². The van der Waals surface area contributed by atoms with Gasteiger partial charge in [0.1, 0.15) is 0 Å². The van der Waals surface area contributed by atoms with Crippen LogP contribution in [-0.2, 0) is 0 Å². The second kappa shape index (κ2) is 9.72. The summed E-state index contributed by atoms with van der Waals surface area (Å²) in [5.41, 5.74) is 6.99. The minimum absolute atomic E-state index is 0.0410. The molecule has 0 amide bonds. The molecule has 0 aromatic heterocycles. The molecule has 0 atom stereocenters. The second-order valence-corrected chi connectivity index (χ2v) is 8.61. The maximum absolute atomic E-state index is 13.0. The molecule has 0 aliphatic carbocycles. The van der Waals surface area contributed by atoms with Gasteiger partial charge in [0, 0.05) is 5.57 Å². The molecule has 0 aliphatic heterocycles. The van der Waals surface area contributed by atoms with E-state index in [1.807, 2.05) is 31.2 Å². The van der Waals surface area contributed by atoms with Gasteiger partial charge in [0.25, 0.3) is 0 Å². The number of hydrogen-bond donors (Lipinski definition) is 0. The van der Waals surface area contributed by atoms with Crippen molar-refractivity contribution in [3.63, 3.8) is 0 Å². The Morgan fingerprint density at radius 1 is 0.676 bits per heavy atom. The first-order chi connectivity index (χ1) is 16.2. The molecule has 0 unspecified atom stereocenters. The van der Waals surface area contributed by atoms with Crippen LogP contribution in [0, 0.1) is 6.92 Å². The van der Waals surface area contributed by atoms with Crippen molar-refractivity contribution in [2.75, 3.05) is 0 Å². The third-order valence-electron chi connectivity index (χ3n) is 6.18. The zero-order valence-corrected chi connectivity index (χ0v) is 19.6. The van der Waals surface area contributed by atoms with Gasteiger partial charge in [-0.05, 0) is 76.6 Å². The van der Waals surface area contributed by atoms with Crippen LogP contribution in [0.1, 0.15) is 31.4 Å². The van der Waals surface area contributed by atoms with Gasteiger partial charge in [0.05, 0.1) is 0 Å². The van der Waals surface area contributed by atoms with E-state index in [1.54, 1.807) is 6.08 Å². The van der Waals surface area contributed by atoms with Gasteiger partial charge in [0.2, 0.25) is 0 Å². The first-order valence-electron chi connectivity index (χ1n) is 11.4. The lowest BCUT2D eigenvalue weighted by molar-refractivity contribution is -0.0935. The Labute approximate surface area is 199 Å². The zero-order valence-electron chi connectivity index (χ0n) is 19.6. The quantitative estimate of drug-likeness (QED) is 0.262. The molecule has 0 nitrogen and oxygen atoms in total. The molecular weight excluding hydrogens is 429 g/mol. The average Bonchev–Trinajstić information content (AvgIpc) is 2.83. The number of rotatable bonds is 5. The minimum Gasteiger partial charge on any atom is -0.166 e. The van der Waals surface area contributed by atoms with Crippen LogP contribution in [-0.4, -0.2) is 6.18 Å². The van der Waals surface area contributed by atoms with Gasteiger partial charge in [-0.2, -0.15) is 13.2 Å². The van der Waals surface area contributed by atoms with Crippen LogP contribution in [0.25, 0.3) is 38.6 Å². The zero-order chi connectivity index (χ0) is 24.3. The SMILES string of the molecule is CC/C(=C\C=C(/C)c1ccc(-c2ccc3cc(-c4ccc(C)cc4)ccc3c2)cc1)C(F)(F)F. The molecule has 0 aliphatic rings. The number of hydrogen-bond acceptors (Lipinski definition) is 0. The van der Waals surface area contributed by atoms with Gasteiger partial charge in [-0.15, -0.1) is 0 Å². The molecule has 34 heavy (non-hydrogen) atoms. The Morgan fingerprint density at radius 3 is 1.62 bits per heavy atom. The van der Waals surface area contributed by atoms with Crippen molar-refractivity contribution in [2.45, 2.75) is 33.4 Å². The maximum Gasteiger partial charge on any atom is 0.412 e. The maximum atomic E-state index is 13.0. The molecule has 0 radical (unpaired) electrons. The highest BCUT2D eigenvalue weighted by atomic mass is 19.4. The van der Waals surface area contributed by atoms with E-state index in [-0.39, 0.29) is 6.42 Å². The molecule has 4 rings (SSSR count). The van der Waals surface area contributed by atoms with Crippen molar-refractivity contribution in [3.8, 4) is 22.3 Å². The normalized spacial score (nSPS) is 12.9. The highest BCUT2D eigenvalue weighted by molar-refractivity contribution is 5.91. The predicted molar refractivity (Wildman–Crippen MR) is 138 cm³/mol. The predicted octanol–water partition coefficient (Wildman–Crippen LogP) is 9.78. The molecule has 0 spiro atoms. The minimum atomic E-state index is -4.29. The van der Waals surface area contributed by atoms with E-state index in [4.69, 9.17) is 0 Å². The summed E-state index contributed by atoms with van der Waals surface area (Å²) in [7, 11) is 0. The fraction of sp³-hybridized carbons (Fsp3) is 0.161. The van der Waals surface area contributed by atoms with E-state index in [0.29, 0.717) is 0 Å². The van der Waals surface area contributed by atoms with Crippen molar-refractivity contribution in [3.05, 3.63) is 114 Å². The lowest BCUT2D eigenvalue weighted by Crippen LogP contribution is -2.10. The van der Waals surface area contributed by atoms with Crippen LogP contribution in [0.2, 0.25) is 0 Å². The number of aryl methyl sites for hydroxylation is 1. The summed E-state index contributed by atoms with van der Waals surface area (Å²) in [5, 5.41) is 2.35. The fourth-order valence-electron chi connectivity index (χ4n) is 4.01. The van der Waals surface area contributed by atoms with E-state index >= 15 is 0 Å². The van der Waals surface area contributed by atoms with Crippen LogP contribution in [0.4, 0.5) is 13.2 Å². The third kappa shape index (κ3) is 5.31. The van der Waals surface area contributed by atoms with Crippen molar-refractivity contribution >= 4 is 16.3 Å². The van der Waals surface area contributed by atoms with Gasteiger partial charge < -0.3 is 0 Å². The van der Waals surface area contributed by atoms with Gasteiger partial charge in [-0.1, -0.05) is 97.4 Å². The number of allylic oxidation sites excluding steroid dienone is 4. The highest BCUT2D eigenvalue weighted by Crippen LogP contribution is 2.31. The summed E-state index contributed by atoms with van der Waals surface area (Å²) in [5.74, 6) is 0. The third-order valence-corrected chi connectivity index (χ3v) is 6.18. The molecule has 4 aromatic rings. The Kier molecular flexibility index (Phi) is 6.74. The van der Waals surface area contributed by atoms with Crippen LogP contribution in [0.3, 0.4) is 0 Å². The lowest BCUT2D eigenvalue weighted by Gasteiger charge is -2.09. The molecule has 0 saturated carbocycles. The summed E-state index contributed by atoms with van der Waals surface area (Å²) in [4.78, 5) is 0. The van der Waals surface area contributed by atoms with E-state index in [1.165, 1.54) is 35.1 Å². The van der Waals surface area contributed by atoms with Gasteiger partial charge >= 0.3 is 6.18 Å². The Morgan fingerprint density at radius 2 is 1.15 bits per heavy atom. The van der Waals surface area contributed by atoms with Crippen LogP contribution in [0.15, 0.2) is 103 Å². The fourth-order valence-corrected chi connectivity index (χ4v) is 4.01. The highest BCUT2D eigenvalue weighted by Gasteiger charge is 2.31. The van der Waals surface area contributed by atoms with E-state index in [2.05, 4.69) is 67.6 Å². The smallest absolute Gasteiger partial charge is 0.166 e. The summed E-state index contributed by atoms with van der Waals surface area (Å²) < 4.78 is 38.9. The van der Waals surface area contributed by atoms with E-state index < -0.39 is 11.7 Å². The van der Waals surface area contributed by atoms with Crippen LogP contribution < -0.4 is 0 Å². The van der Waals surface area contributed by atoms with Gasteiger partial charge in [0.15, 0.2) is 0 Å². The first kappa shape index (κ1) is 23.6. The second-order valence-electron chi connectivity index (χ2n) is 8.61. The van der Waals surface area contributed by atoms with Crippen molar-refractivity contribution < 1.29 is 13.2 Å². The van der Waals surface area contributed by atoms with E-state index in [0.717, 1.165) is 27.6 Å². The monoisotopic (exact) mass is 456 g/mol. The molecule has 0 bridgehead atoms. The molecule has 0 heterocycles. The topological polar surface area (TPSA) is 0 Å². The van der Waals surface area contributed by atoms with E-state index in [9.17, 15) is 13.2 Å². The van der Waals surface area contributed by atoms with Crippen LogP contribution >= 0.6 is 0 Å². The standard InChI is InChI=1S/C31H27F3/c1-4-30(31(32,33)34)18-7-22(3)23-10-12-25(13-11-23)27-15-17-28-19-26(14-16-29(28)20-27)24-8-5-21(2)6-9-24/h5-20H,4H2,1-3H3/b22-7+,30-18+. The van der Waals surface area contributed by atoms with Gasteiger partial charge in [-0.3, -0.25) is 0 Å². The number of fused-ring (bicyclic) bond motifs is 1. The van der Waals surface area contributed by atoms with Crippen molar-refractivity contribution in [1.82, 2.24) is 0 Å². The summed E-state index contributed by atoms with van der Waals surface area (Å²) >= 11 is 0. The molecule has 4 aromatic carbocycles. The largest absolute Gasteiger partial charge is 0.412 e. The van der Waals surface area contributed by atoms with Crippen molar-refractivity contribution in [2.24, 2.45) is 0 Å². The molecular formula is C31H27F3. The Hall–Kier alpha value is -3.59. The first-order valence-corrected chi connectivity index (χ1v) is 11.4. The summed E-state index contributed by atoms with van der Waals surface area (Å²) in [6, 6.07) is 29.4. The Balaban J connectivity index is 1.57. The summed E-state index contributed by atoms with van der Waals surface area (Å²) in [6.45, 7) is 5.43. The molecule has 0 N–H and O–H groups in total. The summed E-state index contributed by atoms with van der Waals surface area (Å²) in [6.07, 6.45) is -1.60. The molecule has 0 fully saturated rings. The average molecular weight is 457 g/mol.